The molecule has 1 aromatic carbocycles. The lowest BCUT2D eigenvalue weighted by Crippen LogP contribution is -2.30. The number of fused-ring (bicyclic) bond motifs is 2. The van der Waals surface area contributed by atoms with E-state index in [1.165, 1.54) is 18.3 Å². The maximum atomic E-state index is 13.7. The molecule has 8 heteroatoms. The largest absolute Gasteiger partial charge is 0.491 e. The van der Waals surface area contributed by atoms with E-state index in [1.807, 2.05) is 0 Å². The number of benzene rings is 1. The van der Waals surface area contributed by atoms with Crippen LogP contribution in [0.2, 0.25) is 0 Å². The molecule has 0 radical (unpaired) electrons. The number of nitrogens with zero attached hydrogens (tertiary/aromatic N) is 3. The smallest absolute Gasteiger partial charge is 0.257 e. The Morgan fingerprint density at radius 3 is 3.08 bits per heavy atom. The number of nitrogens with one attached hydrogen (secondary N) is 1. The third-order valence-corrected chi connectivity index (χ3v) is 4.33. The summed E-state index contributed by atoms with van der Waals surface area (Å²) in [7, 11) is 1.69. The van der Waals surface area contributed by atoms with Crippen molar-refractivity contribution in [3.63, 3.8) is 0 Å². The van der Waals surface area contributed by atoms with E-state index in [0.29, 0.717) is 34.6 Å². The molecule has 0 fully saturated rings. The van der Waals surface area contributed by atoms with E-state index in [-0.39, 0.29) is 24.2 Å². The molecule has 7 nitrogen and oxygen atoms in total. The summed E-state index contributed by atoms with van der Waals surface area (Å²) in [5.74, 6) is 0.177. The lowest BCUT2D eigenvalue weighted by molar-refractivity contribution is 0.0775. The zero-order valence-corrected chi connectivity index (χ0v) is 14.3. The fourth-order valence-corrected chi connectivity index (χ4v) is 2.91. The Morgan fingerprint density at radius 2 is 2.23 bits per heavy atom. The van der Waals surface area contributed by atoms with Crippen LogP contribution < -0.4 is 9.47 Å². The molecule has 1 amide bonds. The van der Waals surface area contributed by atoms with Crippen molar-refractivity contribution >= 4 is 17.1 Å². The second-order valence-electron chi connectivity index (χ2n) is 6.13. The molecule has 2 aromatic heterocycles. The highest BCUT2D eigenvalue weighted by Gasteiger charge is 2.21. The first kappa shape index (κ1) is 16.3. The summed E-state index contributed by atoms with van der Waals surface area (Å²) < 4.78 is 25.3. The molecule has 0 saturated carbocycles. The third-order valence-electron chi connectivity index (χ3n) is 4.33. The second-order valence-corrected chi connectivity index (χ2v) is 6.13. The minimum atomic E-state index is -0.510. The molecule has 1 aliphatic heterocycles. The standard InChI is InChI=1S/C18H17FN4O3/c1-10-12-7-11(19)3-4-14(12)25-6-5-23(2)18(24)13-8-20-17-16(13)22-15(26-10)9-21-17/h3-4,7-10H,5-6H2,1-2H3,(H,20,21)/t10-/m1/s1. The SMILES string of the molecule is C[C@H]1Oc2cnc3[nH]cc(c3n2)C(=O)N(C)CCOc2ccc(F)cc21. The van der Waals surface area contributed by atoms with Crippen molar-refractivity contribution in [2.24, 2.45) is 0 Å². The molecule has 1 aliphatic rings. The van der Waals surface area contributed by atoms with Crippen molar-refractivity contribution in [2.45, 2.75) is 13.0 Å². The van der Waals surface area contributed by atoms with E-state index in [9.17, 15) is 9.18 Å². The number of amides is 1. The van der Waals surface area contributed by atoms with Gasteiger partial charge in [-0.05, 0) is 25.1 Å². The van der Waals surface area contributed by atoms with Gasteiger partial charge >= 0.3 is 0 Å². The van der Waals surface area contributed by atoms with Gasteiger partial charge in [0.25, 0.3) is 5.91 Å². The highest BCUT2D eigenvalue weighted by atomic mass is 19.1. The fourth-order valence-electron chi connectivity index (χ4n) is 2.91. The molecule has 0 saturated heterocycles. The molecule has 4 rings (SSSR count). The average molecular weight is 356 g/mol. The highest BCUT2D eigenvalue weighted by Crippen LogP contribution is 2.30. The summed E-state index contributed by atoms with van der Waals surface area (Å²) >= 11 is 0. The van der Waals surface area contributed by atoms with Crippen LogP contribution >= 0.6 is 0 Å². The van der Waals surface area contributed by atoms with Crippen LogP contribution in [0, 0.1) is 5.82 Å². The monoisotopic (exact) mass is 356 g/mol. The summed E-state index contributed by atoms with van der Waals surface area (Å²) in [5.41, 5.74) is 1.91. The summed E-state index contributed by atoms with van der Waals surface area (Å²) in [6.07, 6.45) is 2.54. The minimum absolute atomic E-state index is 0.196. The van der Waals surface area contributed by atoms with Crippen molar-refractivity contribution in [3.05, 3.63) is 47.5 Å². The number of halogens is 1. The van der Waals surface area contributed by atoms with Crippen LogP contribution in [0.25, 0.3) is 11.2 Å². The number of aromatic nitrogens is 3. The molecule has 1 atom stereocenters. The zero-order valence-electron chi connectivity index (χ0n) is 14.3. The van der Waals surface area contributed by atoms with E-state index in [0.717, 1.165) is 0 Å². The van der Waals surface area contributed by atoms with Crippen molar-refractivity contribution in [1.29, 1.82) is 0 Å². The summed E-state index contributed by atoms with van der Waals surface area (Å²) in [4.78, 5) is 25.8. The van der Waals surface area contributed by atoms with E-state index in [4.69, 9.17) is 9.47 Å². The van der Waals surface area contributed by atoms with Gasteiger partial charge in [-0.1, -0.05) is 0 Å². The first-order valence-electron chi connectivity index (χ1n) is 8.21. The van der Waals surface area contributed by atoms with Crippen LogP contribution in [-0.4, -0.2) is 46.0 Å². The van der Waals surface area contributed by atoms with Gasteiger partial charge in [-0.15, -0.1) is 0 Å². The van der Waals surface area contributed by atoms with E-state index in [2.05, 4.69) is 15.0 Å². The number of ether oxygens (including phenoxy) is 2. The van der Waals surface area contributed by atoms with Crippen LogP contribution in [-0.2, 0) is 0 Å². The van der Waals surface area contributed by atoms with Crippen molar-refractivity contribution in [1.82, 2.24) is 19.9 Å². The zero-order chi connectivity index (χ0) is 18.3. The maximum absolute atomic E-state index is 13.7. The molecule has 0 unspecified atom stereocenters. The third kappa shape index (κ3) is 2.83. The molecule has 0 spiro atoms. The van der Waals surface area contributed by atoms with Crippen LogP contribution in [0.4, 0.5) is 4.39 Å². The Balaban J connectivity index is 1.82. The number of carbonyl (C=O) groups excluding carboxylic acids is 1. The molecule has 134 valence electrons. The Labute approximate surface area is 148 Å². The lowest BCUT2D eigenvalue weighted by atomic mass is 10.1. The van der Waals surface area contributed by atoms with Crippen LogP contribution in [0.5, 0.6) is 11.6 Å². The Kier molecular flexibility index (Phi) is 3.95. The Bertz CT molecular complexity index is 988. The van der Waals surface area contributed by atoms with Crippen LogP contribution in [0.15, 0.2) is 30.6 Å². The predicted molar refractivity (Wildman–Crippen MR) is 91.8 cm³/mol. The minimum Gasteiger partial charge on any atom is -0.491 e. The average Bonchev–Trinajstić information content (AvgIpc) is 3.04. The summed E-state index contributed by atoms with van der Waals surface area (Å²) in [6.45, 7) is 2.41. The molecular formula is C18H17FN4O3. The number of aromatic amines is 1. The van der Waals surface area contributed by atoms with Gasteiger partial charge in [0.05, 0.1) is 18.3 Å². The number of rotatable bonds is 0. The van der Waals surface area contributed by atoms with Crippen molar-refractivity contribution < 1.29 is 18.7 Å². The highest BCUT2D eigenvalue weighted by molar-refractivity contribution is 6.04. The van der Waals surface area contributed by atoms with E-state index >= 15 is 0 Å². The predicted octanol–water partition coefficient (Wildman–Crippen LogP) is 2.70. The van der Waals surface area contributed by atoms with Gasteiger partial charge in [-0.2, -0.15) is 0 Å². The topological polar surface area (TPSA) is 80.3 Å². The molecular weight excluding hydrogens is 339 g/mol. The van der Waals surface area contributed by atoms with Crippen LogP contribution in [0.1, 0.15) is 28.9 Å². The lowest BCUT2D eigenvalue weighted by Gasteiger charge is -2.19. The summed E-state index contributed by atoms with van der Waals surface area (Å²) in [6, 6.07) is 4.27. The number of likely N-dealkylation sites (N-methyl/N-ethyl adjacent to an activating group) is 1. The van der Waals surface area contributed by atoms with Gasteiger partial charge in [0.2, 0.25) is 5.88 Å². The summed E-state index contributed by atoms with van der Waals surface area (Å²) in [5, 5.41) is 0. The molecule has 3 aromatic rings. The number of hydrogen-bond donors (Lipinski definition) is 1. The van der Waals surface area contributed by atoms with E-state index in [1.54, 1.807) is 31.1 Å². The number of carbonyl (C=O) groups is 1. The van der Waals surface area contributed by atoms with Gasteiger partial charge in [0.15, 0.2) is 5.65 Å². The normalized spacial score (nSPS) is 17.7. The fraction of sp³-hybridized carbons (Fsp3) is 0.278. The quantitative estimate of drug-likeness (QED) is 0.670. The van der Waals surface area contributed by atoms with Crippen molar-refractivity contribution in [2.75, 3.05) is 20.2 Å². The molecule has 1 N–H and O–H groups in total. The number of hydrogen-bond acceptors (Lipinski definition) is 5. The molecule has 26 heavy (non-hydrogen) atoms. The molecule has 3 heterocycles. The maximum Gasteiger partial charge on any atom is 0.257 e. The second kappa shape index (κ2) is 6.29. The van der Waals surface area contributed by atoms with E-state index < -0.39 is 6.10 Å². The van der Waals surface area contributed by atoms with Crippen LogP contribution in [0.3, 0.4) is 0 Å². The van der Waals surface area contributed by atoms with Crippen molar-refractivity contribution in [3.8, 4) is 11.6 Å². The van der Waals surface area contributed by atoms with Gasteiger partial charge < -0.3 is 19.4 Å². The van der Waals surface area contributed by atoms with Gasteiger partial charge in [-0.25, -0.2) is 14.4 Å². The van der Waals surface area contributed by atoms with Gasteiger partial charge in [-0.3, -0.25) is 4.79 Å². The molecule has 2 bridgehead atoms. The first-order chi connectivity index (χ1) is 12.5. The van der Waals surface area contributed by atoms with Gasteiger partial charge in [0, 0.05) is 18.8 Å². The first-order valence-corrected chi connectivity index (χ1v) is 8.21. The Morgan fingerprint density at radius 1 is 1.38 bits per heavy atom. The number of H-pyrrole nitrogens is 1. The molecule has 0 aliphatic carbocycles. The Hall–Kier alpha value is -3.16. The van der Waals surface area contributed by atoms with Gasteiger partial charge in [0.1, 0.15) is 29.8 Å².